The monoisotopic (exact) mass is 288 g/mol. The van der Waals surface area contributed by atoms with E-state index in [2.05, 4.69) is 15.9 Å². The normalized spacial score (nSPS) is 9.12. The highest BCUT2D eigenvalue weighted by Gasteiger charge is 2.05. The summed E-state index contributed by atoms with van der Waals surface area (Å²) >= 11 is 3.37. The van der Waals surface area contributed by atoms with E-state index < -0.39 is 0 Å². The van der Waals surface area contributed by atoms with Crippen molar-refractivity contribution in [1.29, 1.82) is 0 Å². The van der Waals surface area contributed by atoms with Crippen molar-refractivity contribution in [2.75, 3.05) is 7.11 Å². The molecular weight excluding hydrogens is 272 g/mol. The minimum Gasteiger partial charge on any atom is -0.493 e. The molecule has 1 aromatic rings. The highest BCUT2D eigenvalue weighted by atomic mass is 79.9. The Balaban J connectivity index is 0.000000673. The van der Waals surface area contributed by atoms with Crippen LogP contribution in [-0.4, -0.2) is 19.5 Å². The molecule has 0 amide bonds. The van der Waals surface area contributed by atoms with Gasteiger partial charge in [0.1, 0.15) is 6.29 Å². The average Bonchev–Trinajstić information content (AvgIpc) is 2.21. The van der Waals surface area contributed by atoms with Gasteiger partial charge in [0, 0.05) is 4.47 Å². The van der Waals surface area contributed by atoms with Crippen LogP contribution in [0.1, 0.15) is 20.8 Å². The first kappa shape index (κ1) is 15.0. The zero-order valence-electron chi connectivity index (χ0n) is 9.99. The average molecular weight is 289 g/mol. The number of carbonyl (C=O) groups excluding carboxylic acids is 1. The molecule has 0 N–H and O–H groups in total. The van der Waals surface area contributed by atoms with Gasteiger partial charge >= 0.3 is 0 Å². The van der Waals surface area contributed by atoms with E-state index in [1.54, 1.807) is 7.11 Å². The second kappa shape index (κ2) is 8.16. The van der Waals surface area contributed by atoms with Crippen LogP contribution in [0.3, 0.4) is 0 Å². The van der Waals surface area contributed by atoms with Crippen LogP contribution in [0.2, 0.25) is 0 Å². The molecule has 0 aliphatic carbocycles. The lowest BCUT2D eigenvalue weighted by Crippen LogP contribution is -2.06. The predicted octanol–water partition coefficient (Wildman–Crippen LogP) is 3.45. The molecule has 0 fully saturated rings. The van der Waals surface area contributed by atoms with Gasteiger partial charge in [0.2, 0.25) is 0 Å². The molecule has 0 saturated carbocycles. The van der Waals surface area contributed by atoms with E-state index in [1.165, 1.54) is 6.92 Å². The zero-order chi connectivity index (χ0) is 12.6. The Morgan fingerprint density at radius 3 is 2.31 bits per heavy atom. The number of ether oxygens (including phenoxy) is 2. The highest BCUT2D eigenvalue weighted by molar-refractivity contribution is 9.10. The third-order valence-electron chi connectivity index (χ3n) is 1.49. The van der Waals surface area contributed by atoms with E-state index in [1.807, 2.05) is 32.0 Å². The van der Waals surface area contributed by atoms with Gasteiger partial charge in [-0.3, -0.25) is 0 Å². The van der Waals surface area contributed by atoms with Crippen LogP contribution in [-0.2, 0) is 4.79 Å². The van der Waals surface area contributed by atoms with Crippen molar-refractivity contribution in [2.45, 2.75) is 26.9 Å². The summed E-state index contributed by atoms with van der Waals surface area (Å²) in [5.74, 6) is 1.53. The summed E-state index contributed by atoms with van der Waals surface area (Å²) in [6.07, 6.45) is 0.912. The van der Waals surface area contributed by atoms with Gasteiger partial charge in [0.05, 0.1) is 13.2 Å². The number of hydrogen-bond donors (Lipinski definition) is 0. The minimum absolute atomic E-state index is 0.162. The molecule has 0 saturated heterocycles. The lowest BCUT2D eigenvalue weighted by atomic mass is 10.3. The minimum atomic E-state index is 0.162. The van der Waals surface area contributed by atoms with E-state index in [9.17, 15) is 0 Å². The summed E-state index contributed by atoms with van der Waals surface area (Å²) in [5.41, 5.74) is 0. The standard InChI is InChI=1S/C10H13BrO2.C2H4O/c1-7(2)13-9-5-4-8(11)6-10(9)12-3;1-2-3/h4-7H,1-3H3;2H,1H3. The molecule has 0 aromatic heterocycles. The van der Waals surface area contributed by atoms with Crippen molar-refractivity contribution in [2.24, 2.45) is 0 Å². The number of carbonyl (C=O) groups is 1. The van der Waals surface area contributed by atoms with Crippen molar-refractivity contribution in [3.63, 3.8) is 0 Å². The molecule has 0 heterocycles. The molecule has 0 spiro atoms. The van der Waals surface area contributed by atoms with E-state index in [4.69, 9.17) is 14.3 Å². The fraction of sp³-hybridized carbons (Fsp3) is 0.417. The van der Waals surface area contributed by atoms with Crippen molar-refractivity contribution in [3.05, 3.63) is 22.7 Å². The van der Waals surface area contributed by atoms with Crippen molar-refractivity contribution >= 4 is 22.2 Å². The fourth-order valence-corrected chi connectivity index (χ4v) is 1.33. The highest BCUT2D eigenvalue weighted by Crippen LogP contribution is 2.30. The second-order valence-electron chi connectivity index (χ2n) is 3.20. The Hall–Kier alpha value is -1.03. The van der Waals surface area contributed by atoms with Crippen LogP contribution in [0, 0.1) is 0 Å². The largest absolute Gasteiger partial charge is 0.493 e. The van der Waals surface area contributed by atoms with Gasteiger partial charge in [0.15, 0.2) is 11.5 Å². The van der Waals surface area contributed by atoms with E-state index in [-0.39, 0.29) is 6.10 Å². The summed E-state index contributed by atoms with van der Waals surface area (Å²) in [6.45, 7) is 5.42. The lowest BCUT2D eigenvalue weighted by molar-refractivity contribution is -0.106. The molecule has 1 aromatic carbocycles. The first-order chi connectivity index (χ1) is 7.54. The molecule has 4 heteroatoms. The molecule has 0 unspecified atom stereocenters. The fourth-order valence-electron chi connectivity index (χ4n) is 0.993. The Kier molecular flexibility index (Phi) is 7.64. The second-order valence-corrected chi connectivity index (χ2v) is 4.11. The molecule has 16 heavy (non-hydrogen) atoms. The van der Waals surface area contributed by atoms with Gasteiger partial charge in [-0.2, -0.15) is 0 Å². The molecule has 0 aliphatic heterocycles. The third kappa shape index (κ3) is 5.75. The van der Waals surface area contributed by atoms with Crippen LogP contribution < -0.4 is 9.47 Å². The summed E-state index contributed by atoms with van der Waals surface area (Å²) < 4.78 is 11.7. The van der Waals surface area contributed by atoms with Gasteiger partial charge in [-0.05, 0) is 39.0 Å². The topological polar surface area (TPSA) is 35.5 Å². The van der Waals surface area contributed by atoms with Gasteiger partial charge in [-0.1, -0.05) is 15.9 Å². The number of methoxy groups -OCH3 is 1. The quantitative estimate of drug-likeness (QED) is 0.799. The summed E-state index contributed by atoms with van der Waals surface area (Å²) in [4.78, 5) is 8.81. The summed E-state index contributed by atoms with van der Waals surface area (Å²) in [6, 6.07) is 5.71. The van der Waals surface area contributed by atoms with Crippen molar-refractivity contribution < 1.29 is 14.3 Å². The molecule has 1 rings (SSSR count). The third-order valence-corrected chi connectivity index (χ3v) is 1.98. The summed E-state index contributed by atoms with van der Waals surface area (Å²) in [5, 5.41) is 0. The maximum Gasteiger partial charge on any atom is 0.161 e. The van der Waals surface area contributed by atoms with Crippen LogP contribution in [0.4, 0.5) is 0 Å². The number of halogens is 1. The van der Waals surface area contributed by atoms with E-state index >= 15 is 0 Å². The molecule has 3 nitrogen and oxygen atoms in total. The molecule has 90 valence electrons. The van der Waals surface area contributed by atoms with Crippen LogP contribution >= 0.6 is 15.9 Å². The van der Waals surface area contributed by atoms with Crippen LogP contribution in [0.25, 0.3) is 0 Å². The Bertz CT molecular complexity index is 324. The Morgan fingerprint density at radius 1 is 1.31 bits per heavy atom. The Morgan fingerprint density at radius 2 is 1.88 bits per heavy atom. The SMILES string of the molecule is CC=O.COc1cc(Br)ccc1OC(C)C. The molecule has 0 radical (unpaired) electrons. The number of rotatable bonds is 3. The van der Waals surface area contributed by atoms with Gasteiger partial charge in [-0.15, -0.1) is 0 Å². The van der Waals surface area contributed by atoms with Gasteiger partial charge in [0.25, 0.3) is 0 Å². The molecule has 0 aliphatic rings. The number of aldehydes is 1. The van der Waals surface area contributed by atoms with E-state index in [0.29, 0.717) is 0 Å². The van der Waals surface area contributed by atoms with Gasteiger partial charge in [-0.25, -0.2) is 0 Å². The van der Waals surface area contributed by atoms with E-state index in [0.717, 1.165) is 22.3 Å². The number of benzene rings is 1. The molecule has 0 atom stereocenters. The molecular formula is C12H17BrO3. The maximum absolute atomic E-state index is 8.81. The summed E-state index contributed by atoms with van der Waals surface area (Å²) in [7, 11) is 1.63. The van der Waals surface area contributed by atoms with Crippen LogP contribution in [0.5, 0.6) is 11.5 Å². The maximum atomic E-state index is 8.81. The number of hydrogen-bond acceptors (Lipinski definition) is 3. The van der Waals surface area contributed by atoms with Crippen molar-refractivity contribution in [3.8, 4) is 11.5 Å². The zero-order valence-corrected chi connectivity index (χ0v) is 11.6. The predicted molar refractivity (Wildman–Crippen MR) is 68.2 cm³/mol. The van der Waals surface area contributed by atoms with Gasteiger partial charge < -0.3 is 14.3 Å². The first-order valence-corrected chi connectivity index (χ1v) is 5.74. The molecule has 0 bridgehead atoms. The Labute approximate surface area is 105 Å². The lowest BCUT2D eigenvalue weighted by Gasteiger charge is -2.13. The first-order valence-electron chi connectivity index (χ1n) is 4.95. The van der Waals surface area contributed by atoms with Crippen LogP contribution in [0.15, 0.2) is 22.7 Å². The van der Waals surface area contributed by atoms with Crippen molar-refractivity contribution in [1.82, 2.24) is 0 Å². The smallest absolute Gasteiger partial charge is 0.161 e.